The lowest BCUT2D eigenvalue weighted by molar-refractivity contribution is 0.326. The largest absolute Gasteiger partial charge is 0.478 e. The number of halogens is 2. The summed E-state index contributed by atoms with van der Waals surface area (Å²) in [7, 11) is 0. The van der Waals surface area contributed by atoms with Gasteiger partial charge >= 0.3 is 0 Å². The summed E-state index contributed by atoms with van der Waals surface area (Å²) in [5, 5.41) is 6.43. The summed E-state index contributed by atoms with van der Waals surface area (Å²) in [6.07, 6.45) is 1.72. The molecule has 2 aromatic rings. The van der Waals surface area contributed by atoms with E-state index in [9.17, 15) is 4.39 Å². The number of nitrogens with zero attached hydrogens (tertiary/aromatic N) is 2. The summed E-state index contributed by atoms with van der Waals surface area (Å²) < 4.78 is 18.3. The summed E-state index contributed by atoms with van der Waals surface area (Å²) in [5.74, 6) is 1.08. The smallest absolute Gasteiger partial charge is 0.213 e. The van der Waals surface area contributed by atoms with E-state index in [2.05, 4.69) is 20.6 Å². The van der Waals surface area contributed by atoms with Crippen LogP contribution < -0.4 is 15.4 Å². The molecule has 0 unspecified atom stereocenters. The molecule has 0 aliphatic carbocycles. The average Bonchev–Trinajstić information content (AvgIpc) is 2.59. The third-order valence-corrected chi connectivity index (χ3v) is 3.23. The number of hydrogen-bond acceptors (Lipinski definition) is 3. The molecule has 0 spiro atoms. The van der Waals surface area contributed by atoms with Crippen LogP contribution in [0.5, 0.6) is 5.88 Å². The molecule has 2 rings (SSSR count). The molecule has 0 aliphatic heterocycles. The van der Waals surface area contributed by atoms with E-state index in [1.807, 2.05) is 26.0 Å². The van der Waals surface area contributed by atoms with E-state index in [-0.39, 0.29) is 29.8 Å². The first-order valence-corrected chi connectivity index (χ1v) is 8.05. The predicted octanol–water partition coefficient (Wildman–Crippen LogP) is 3.49. The van der Waals surface area contributed by atoms with Crippen LogP contribution in [0.4, 0.5) is 4.39 Å². The number of hydrogen-bond donors (Lipinski definition) is 2. The highest BCUT2D eigenvalue weighted by Crippen LogP contribution is 2.10. The second kappa shape index (κ2) is 11.6. The van der Waals surface area contributed by atoms with Crippen LogP contribution in [0.1, 0.15) is 25.0 Å². The van der Waals surface area contributed by atoms with Gasteiger partial charge < -0.3 is 15.4 Å². The Labute approximate surface area is 165 Å². The van der Waals surface area contributed by atoms with Gasteiger partial charge in [-0.2, -0.15) is 0 Å². The van der Waals surface area contributed by atoms with Gasteiger partial charge in [0.1, 0.15) is 5.82 Å². The number of rotatable bonds is 7. The number of pyridine rings is 1. The lowest BCUT2D eigenvalue weighted by atomic mass is 10.2. The minimum absolute atomic E-state index is 0. The van der Waals surface area contributed by atoms with E-state index in [1.54, 1.807) is 18.3 Å². The Bertz CT molecular complexity index is 664. The van der Waals surface area contributed by atoms with E-state index in [0.29, 0.717) is 31.5 Å². The molecule has 136 valence electrons. The highest BCUT2D eigenvalue weighted by molar-refractivity contribution is 14.0. The monoisotopic (exact) mass is 458 g/mol. The highest BCUT2D eigenvalue weighted by Gasteiger charge is 2.01. The molecule has 0 saturated heterocycles. The molecule has 25 heavy (non-hydrogen) atoms. The van der Waals surface area contributed by atoms with Crippen molar-refractivity contribution in [1.29, 1.82) is 0 Å². The Balaban J connectivity index is 0.00000312. The predicted molar refractivity (Wildman–Crippen MR) is 109 cm³/mol. The summed E-state index contributed by atoms with van der Waals surface area (Å²) in [4.78, 5) is 8.70. The van der Waals surface area contributed by atoms with Crippen molar-refractivity contribution < 1.29 is 9.13 Å². The lowest BCUT2D eigenvalue weighted by Gasteiger charge is -2.11. The molecule has 1 aromatic carbocycles. The molecule has 0 fully saturated rings. The Morgan fingerprint density at radius 1 is 1.12 bits per heavy atom. The highest BCUT2D eigenvalue weighted by atomic mass is 127. The van der Waals surface area contributed by atoms with Gasteiger partial charge in [-0.25, -0.2) is 14.4 Å². The van der Waals surface area contributed by atoms with E-state index in [0.717, 1.165) is 17.7 Å². The summed E-state index contributed by atoms with van der Waals surface area (Å²) >= 11 is 0. The van der Waals surface area contributed by atoms with Crippen molar-refractivity contribution in [2.45, 2.75) is 26.9 Å². The van der Waals surface area contributed by atoms with Crippen molar-refractivity contribution >= 4 is 29.9 Å². The molecule has 0 saturated carbocycles. The van der Waals surface area contributed by atoms with Crippen LogP contribution in [0.15, 0.2) is 47.6 Å². The Kier molecular flexibility index (Phi) is 9.83. The Morgan fingerprint density at radius 2 is 1.88 bits per heavy atom. The number of guanidine groups is 1. The van der Waals surface area contributed by atoms with Crippen LogP contribution in [0.25, 0.3) is 0 Å². The fraction of sp³-hybridized carbons (Fsp3) is 0.333. The standard InChI is InChI=1S/C18H23FN4O.HI/c1-3-20-18(22-12-14-5-7-16(19)8-6-14)23-13-15-9-10-21-17(11-15)24-4-2;/h5-11H,3-4,12-13H2,1-2H3,(H2,20,22,23);1H. The van der Waals surface area contributed by atoms with Crippen LogP contribution in [-0.2, 0) is 13.1 Å². The average molecular weight is 458 g/mol. The van der Waals surface area contributed by atoms with Crippen molar-refractivity contribution in [2.24, 2.45) is 4.99 Å². The van der Waals surface area contributed by atoms with Crippen LogP contribution in [0.2, 0.25) is 0 Å². The summed E-state index contributed by atoms with van der Waals surface area (Å²) in [5.41, 5.74) is 2.01. The molecule has 7 heteroatoms. The fourth-order valence-corrected chi connectivity index (χ4v) is 2.08. The van der Waals surface area contributed by atoms with Crippen molar-refractivity contribution in [2.75, 3.05) is 13.2 Å². The number of aromatic nitrogens is 1. The fourth-order valence-electron chi connectivity index (χ4n) is 2.08. The molecule has 0 atom stereocenters. The molecule has 0 aliphatic rings. The van der Waals surface area contributed by atoms with Crippen molar-refractivity contribution in [3.63, 3.8) is 0 Å². The minimum Gasteiger partial charge on any atom is -0.478 e. The quantitative estimate of drug-likeness (QED) is 0.379. The number of nitrogens with one attached hydrogen (secondary N) is 2. The molecule has 0 radical (unpaired) electrons. The van der Waals surface area contributed by atoms with Crippen LogP contribution >= 0.6 is 24.0 Å². The second-order valence-corrected chi connectivity index (χ2v) is 5.11. The van der Waals surface area contributed by atoms with E-state index in [1.165, 1.54) is 12.1 Å². The van der Waals surface area contributed by atoms with Gasteiger partial charge in [-0.15, -0.1) is 24.0 Å². The Hall–Kier alpha value is -1.90. The van der Waals surface area contributed by atoms with E-state index in [4.69, 9.17) is 4.74 Å². The molecular formula is C18H24FIN4O. The zero-order valence-corrected chi connectivity index (χ0v) is 16.8. The maximum atomic E-state index is 12.9. The molecule has 1 heterocycles. The van der Waals surface area contributed by atoms with Gasteiger partial charge in [-0.05, 0) is 43.2 Å². The van der Waals surface area contributed by atoms with Crippen molar-refractivity contribution in [1.82, 2.24) is 15.6 Å². The molecule has 5 nitrogen and oxygen atoms in total. The topological polar surface area (TPSA) is 58.5 Å². The van der Waals surface area contributed by atoms with Gasteiger partial charge in [0.2, 0.25) is 5.88 Å². The van der Waals surface area contributed by atoms with Gasteiger partial charge in [-0.1, -0.05) is 12.1 Å². The van der Waals surface area contributed by atoms with Crippen molar-refractivity contribution in [3.05, 3.63) is 59.5 Å². The normalized spacial score (nSPS) is 10.8. The van der Waals surface area contributed by atoms with Crippen LogP contribution in [0.3, 0.4) is 0 Å². The molecule has 2 N–H and O–H groups in total. The second-order valence-electron chi connectivity index (χ2n) is 5.11. The van der Waals surface area contributed by atoms with Crippen molar-refractivity contribution in [3.8, 4) is 5.88 Å². The SMILES string of the molecule is CCNC(=NCc1ccnc(OCC)c1)NCc1ccc(F)cc1.I. The third-order valence-electron chi connectivity index (χ3n) is 3.23. The minimum atomic E-state index is -0.234. The number of ether oxygens (including phenoxy) is 1. The maximum Gasteiger partial charge on any atom is 0.213 e. The number of benzene rings is 1. The van der Waals surface area contributed by atoms with Gasteiger partial charge in [0, 0.05) is 25.4 Å². The molecule has 1 aromatic heterocycles. The van der Waals surface area contributed by atoms with Gasteiger partial charge in [0.15, 0.2) is 5.96 Å². The zero-order chi connectivity index (χ0) is 17.2. The Morgan fingerprint density at radius 3 is 2.56 bits per heavy atom. The first-order valence-electron chi connectivity index (χ1n) is 8.05. The lowest BCUT2D eigenvalue weighted by Crippen LogP contribution is -2.36. The summed E-state index contributed by atoms with van der Waals surface area (Å²) in [6, 6.07) is 10.2. The molecule has 0 amide bonds. The number of aliphatic imine (C=N–C) groups is 1. The zero-order valence-electron chi connectivity index (χ0n) is 14.5. The van der Waals surface area contributed by atoms with Gasteiger partial charge in [0.25, 0.3) is 0 Å². The first-order chi connectivity index (χ1) is 11.7. The van der Waals surface area contributed by atoms with Crippen LogP contribution in [-0.4, -0.2) is 24.1 Å². The molecular weight excluding hydrogens is 434 g/mol. The first kappa shape index (κ1) is 21.1. The van der Waals surface area contributed by atoms with Gasteiger partial charge in [0.05, 0.1) is 13.2 Å². The summed E-state index contributed by atoms with van der Waals surface area (Å²) in [6.45, 7) is 6.37. The maximum absolute atomic E-state index is 12.9. The molecule has 0 bridgehead atoms. The van der Waals surface area contributed by atoms with E-state index >= 15 is 0 Å². The van der Waals surface area contributed by atoms with Gasteiger partial charge in [-0.3, -0.25) is 0 Å². The van der Waals surface area contributed by atoms with E-state index < -0.39 is 0 Å². The van der Waals surface area contributed by atoms with Crippen LogP contribution in [0, 0.1) is 5.82 Å². The third kappa shape index (κ3) is 7.68.